The normalized spacial score (nSPS) is 11.2. The van der Waals surface area contributed by atoms with E-state index in [1.165, 1.54) is 16.3 Å². The van der Waals surface area contributed by atoms with Crippen LogP contribution in [-0.4, -0.2) is 12.6 Å². The van der Waals surface area contributed by atoms with Crippen LogP contribution in [0.3, 0.4) is 0 Å². The zero-order valence-corrected chi connectivity index (χ0v) is 12.8. The molecule has 0 unspecified atom stereocenters. The Labute approximate surface area is 122 Å². The van der Waals surface area contributed by atoms with Crippen molar-refractivity contribution in [2.75, 3.05) is 6.54 Å². The van der Waals surface area contributed by atoms with Gasteiger partial charge in [0.1, 0.15) is 5.75 Å². The minimum Gasteiger partial charge on any atom is -0.490 e. The van der Waals surface area contributed by atoms with Gasteiger partial charge in [-0.15, -0.1) is 0 Å². The van der Waals surface area contributed by atoms with Gasteiger partial charge in [0.05, 0.1) is 6.10 Å². The molecular formula is C18H25NO. The van der Waals surface area contributed by atoms with E-state index in [2.05, 4.69) is 62.5 Å². The van der Waals surface area contributed by atoms with E-state index in [0.717, 1.165) is 31.7 Å². The van der Waals surface area contributed by atoms with Crippen molar-refractivity contribution in [3.05, 3.63) is 42.0 Å². The number of hydrogen-bond acceptors (Lipinski definition) is 2. The Bertz CT molecular complexity index is 546. The molecule has 0 fully saturated rings. The molecule has 0 heterocycles. The van der Waals surface area contributed by atoms with Crippen LogP contribution in [0.25, 0.3) is 10.8 Å². The van der Waals surface area contributed by atoms with Crippen molar-refractivity contribution in [3.63, 3.8) is 0 Å². The van der Waals surface area contributed by atoms with Crippen LogP contribution in [-0.2, 0) is 6.54 Å². The second kappa shape index (κ2) is 7.30. The van der Waals surface area contributed by atoms with E-state index >= 15 is 0 Å². The van der Waals surface area contributed by atoms with Crippen LogP contribution in [0.5, 0.6) is 5.75 Å². The zero-order chi connectivity index (χ0) is 14.4. The first-order valence-corrected chi connectivity index (χ1v) is 7.68. The second-order valence-electron chi connectivity index (χ2n) is 5.10. The van der Waals surface area contributed by atoms with Crippen molar-refractivity contribution in [2.45, 2.75) is 46.3 Å². The Balaban J connectivity index is 2.41. The van der Waals surface area contributed by atoms with Crippen LogP contribution in [0.2, 0.25) is 0 Å². The van der Waals surface area contributed by atoms with E-state index in [0.29, 0.717) is 6.10 Å². The fourth-order valence-electron chi connectivity index (χ4n) is 2.49. The fourth-order valence-corrected chi connectivity index (χ4v) is 2.49. The van der Waals surface area contributed by atoms with Crippen LogP contribution in [0.4, 0.5) is 0 Å². The molecule has 0 bridgehead atoms. The summed E-state index contributed by atoms with van der Waals surface area (Å²) in [5, 5.41) is 5.99. The fraction of sp³-hybridized carbons (Fsp3) is 0.444. The number of rotatable bonds is 7. The lowest BCUT2D eigenvalue weighted by Crippen LogP contribution is -2.17. The Morgan fingerprint density at radius 1 is 1.00 bits per heavy atom. The molecule has 0 saturated heterocycles. The highest BCUT2D eigenvalue weighted by molar-refractivity contribution is 5.87. The minimum absolute atomic E-state index is 0.302. The molecule has 2 rings (SSSR count). The molecule has 0 radical (unpaired) electrons. The summed E-state index contributed by atoms with van der Waals surface area (Å²) in [4.78, 5) is 0. The highest BCUT2D eigenvalue weighted by Crippen LogP contribution is 2.29. The molecule has 0 spiro atoms. The van der Waals surface area contributed by atoms with Gasteiger partial charge in [-0.2, -0.15) is 0 Å². The lowest BCUT2D eigenvalue weighted by molar-refractivity contribution is 0.191. The molecule has 2 aromatic carbocycles. The first-order valence-electron chi connectivity index (χ1n) is 7.68. The van der Waals surface area contributed by atoms with Gasteiger partial charge in [-0.05, 0) is 36.2 Å². The molecule has 108 valence electrons. The van der Waals surface area contributed by atoms with E-state index in [1.54, 1.807) is 0 Å². The van der Waals surface area contributed by atoms with Gasteiger partial charge < -0.3 is 10.1 Å². The molecule has 0 saturated carbocycles. The standard InChI is InChI=1S/C18H25NO/c1-4-15(5-2)20-18-12-11-14-9-7-8-10-16(14)17(18)13-19-6-3/h7-12,15,19H,4-6,13H2,1-3H3. The summed E-state index contributed by atoms with van der Waals surface area (Å²) in [5.74, 6) is 1.03. The SMILES string of the molecule is CCNCc1c(OC(CC)CC)ccc2ccccc12. The molecule has 20 heavy (non-hydrogen) atoms. The highest BCUT2D eigenvalue weighted by atomic mass is 16.5. The predicted molar refractivity (Wildman–Crippen MR) is 86.3 cm³/mol. The van der Waals surface area contributed by atoms with Crippen LogP contribution in [0.15, 0.2) is 36.4 Å². The zero-order valence-electron chi connectivity index (χ0n) is 12.8. The Morgan fingerprint density at radius 2 is 1.75 bits per heavy atom. The summed E-state index contributed by atoms with van der Waals surface area (Å²) >= 11 is 0. The smallest absolute Gasteiger partial charge is 0.124 e. The molecule has 0 aromatic heterocycles. The van der Waals surface area contributed by atoms with Crippen molar-refractivity contribution in [1.82, 2.24) is 5.32 Å². The summed E-state index contributed by atoms with van der Waals surface area (Å²) < 4.78 is 6.21. The first-order chi connectivity index (χ1) is 9.80. The molecular weight excluding hydrogens is 246 g/mol. The van der Waals surface area contributed by atoms with Crippen molar-refractivity contribution >= 4 is 10.8 Å². The lowest BCUT2D eigenvalue weighted by atomic mass is 10.0. The molecule has 2 aromatic rings. The summed E-state index contributed by atoms with van der Waals surface area (Å²) in [6, 6.07) is 12.8. The van der Waals surface area contributed by atoms with Gasteiger partial charge in [0, 0.05) is 12.1 Å². The average Bonchev–Trinajstić information content (AvgIpc) is 2.51. The van der Waals surface area contributed by atoms with Gasteiger partial charge in [-0.3, -0.25) is 0 Å². The third-order valence-corrected chi connectivity index (χ3v) is 3.75. The van der Waals surface area contributed by atoms with Crippen LogP contribution in [0, 0.1) is 0 Å². The maximum atomic E-state index is 6.21. The third-order valence-electron chi connectivity index (χ3n) is 3.75. The molecule has 0 aliphatic heterocycles. The number of ether oxygens (including phenoxy) is 1. The summed E-state index contributed by atoms with van der Waals surface area (Å²) in [6.45, 7) is 8.31. The monoisotopic (exact) mass is 271 g/mol. The average molecular weight is 271 g/mol. The van der Waals surface area contributed by atoms with Gasteiger partial charge >= 0.3 is 0 Å². The summed E-state index contributed by atoms with van der Waals surface area (Å²) in [5.41, 5.74) is 1.27. The van der Waals surface area contributed by atoms with Gasteiger partial charge in [0.15, 0.2) is 0 Å². The quantitative estimate of drug-likeness (QED) is 0.799. The van der Waals surface area contributed by atoms with Crippen molar-refractivity contribution < 1.29 is 4.74 Å². The Morgan fingerprint density at radius 3 is 2.45 bits per heavy atom. The highest BCUT2D eigenvalue weighted by Gasteiger charge is 2.12. The maximum Gasteiger partial charge on any atom is 0.124 e. The van der Waals surface area contributed by atoms with E-state index in [1.807, 2.05) is 0 Å². The number of hydrogen-bond donors (Lipinski definition) is 1. The molecule has 0 aliphatic carbocycles. The van der Waals surface area contributed by atoms with Gasteiger partial charge in [0.2, 0.25) is 0 Å². The summed E-state index contributed by atoms with van der Waals surface area (Å²) in [7, 11) is 0. The van der Waals surface area contributed by atoms with Crippen LogP contribution >= 0.6 is 0 Å². The van der Waals surface area contributed by atoms with Crippen LogP contribution in [0.1, 0.15) is 39.2 Å². The number of fused-ring (bicyclic) bond motifs is 1. The second-order valence-corrected chi connectivity index (χ2v) is 5.10. The third kappa shape index (κ3) is 3.31. The van der Waals surface area contributed by atoms with Gasteiger partial charge in [-0.25, -0.2) is 0 Å². The van der Waals surface area contributed by atoms with Gasteiger partial charge in [0.25, 0.3) is 0 Å². The van der Waals surface area contributed by atoms with Gasteiger partial charge in [-0.1, -0.05) is 51.1 Å². The number of benzene rings is 2. The van der Waals surface area contributed by atoms with E-state index in [4.69, 9.17) is 4.74 Å². The maximum absolute atomic E-state index is 6.21. The van der Waals surface area contributed by atoms with Crippen molar-refractivity contribution in [2.24, 2.45) is 0 Å². The van der Waals surface area contributed by atoms with E-state index in [9.17, 15) is 0 Å². The topological polar surface area (TPSA) is 21.3 Å². The largest absolute Gasteiger partial charge is 0.490 e. The lowest BCUT2D eigenvalue weighted by Gasteiger charge is -2.20. The van der Waals surface area contributed by atoms with Crippen molar-refractivity contribution in [3.8, 4) is 5.75 Å². The molecule has 2 heteroatoms. The number of nitrogens with one attached hydrogen (secondary N) is 1. The molecule has 0 atom stereocenters. The molecule has 2 nitrogen and oxygen atoms in total. The molecule has 0 aliphatic rings. The Hall–Kier alpha value is -1.54. The predicted octanol–water partition coefficient (Wildman–Crippen LogP) is 4.52. The van der Waals surface area contributed by atoms with Crippen LogP contribution < -0.4 is 10.1 Å². The Kier molecular flexibility index (Phi) is 5.42. The van der Waals surface area contributed by atoms with Crippen molar-refractivity contribution in [1.29, 1.82) is 0 Å². The van der Waals surface area contributed by atoms with E-state index < -0.39 is 0 Å². The summed E-state index contributed by atoms with van der Waals surface area (Å²) in [6.07, 6.45) is 2.39. The minimum atomic E-state index is 0.302. The first kappa shape index (κ1) is 14.9. The molecule has 1 N–H and O–H groups in total. The van der Waals surface area contributed by atoms with E-state index in [-0.39, 0.29) is 0 Å². The molecule has 0 amide bonds.